The molecule has 0 radical (unpaired) electrons. The lowest BCUT2D eigenvalue weighted by Gasteiger charge is -2.18. The van der Waals surface area contributed by atoms with Gasteiger partial charge in [0.15, 0.2) is 0 Å². The summed E-state index contributed by atoms with van der Waals surface area (Å²) >= 11 is 0. The molecule has 0 bridgehead atoms. The molecule has 9 heteroatoms. The second kappa shape index (κ2) is 10.9. The molecule has 0 saturated heterocycles. The average molecular weight is 549 g/mol. The molecule has 0 spiro atoms. The molecule has 8 nitrogen and oxygen atoms in total. The summed E-state index contributed by atoms with van der Waals surface area (Å²) in [4.78, 5) is 17.0. The van der Waals surface area contributed by atoms with Gasteiger partial charge >= 0.3 is 0 Å². The lowest BCUT2D eigenvalue weighted by Crippen LogP contribution is -2.26. The standard InChI is InChI=1S/C32H33FN8/c1-40(2)17-19-10-22(16-35-15-19)27-8-9-29-31(37-27)32(39-38-29)30-14-25-24(6-5-7-28(25)36-30)20-11-21(13-23(33)12-20)26(34)18-41(3)4/h5-16,26,36H,17-18,34H2,1-4H3,(H,38,39). The molecule has 0 amide bonds. The van der Waals surface area contributed by atoms with Gasteiger partial charge in [-0.2, -0.15) is 5.10 Å². The van der Waals surface area contributed by atoms with Crippen molar-refractivity contribution in [3.63, 3.8) is 0 Å². The van der Waals surface area contributed by atoms with Crippen LogP contribution in [0.15, 0.2) is 73.1 Å². The van der Waals surface area contributed by atoms with Gasteiger partial charge in [0.05, 0.1) is 16.9 Å². The average Bonchev–Trinajstić information content (AvgIpc) is 3.55. The SMILES string of the molecule is CN(C)Cc1cncc(-c2ccc3[nH]nc(-c4cc5c(-c6cc(F)cc(C(N)CN(C)C)c6)cccc5[nH]4)c3n2)c1. The Hall–Kier alpha value is -4.44. The zero-order valence-electron chi connectivity index (χ0n) is 23.6. The van der Waals surface area contributed by atoms with E-state index in [-0.39, 0.29) is 11.9 Å². The quantitative estimate of drug-likeness (QED) is 0.229. The zero-order valence-corrected chi connectivity index (χ0v) is 23.6. The minimum absolute atomic E-state index is 0.296. The van der Waals surface area contributed by atoms with E-state index in [0.717, 1.165) is 67.7 Å². The Kier molecular flexibility index (Phi) is 7.08. The number of nitrogens with zero attached hydrogens (tertiary/aromatic N) is 5. The van der Waals surface area contributed by atoms with Crippen molar-refractivity contribution in [2.45, 2.75) is 12.6 Å². The van der Waals surface area contributed by atoms with Crippen LogP contribution in [0.4, 0.5) is 4.39 Å². The van der Waals surface area contributed by atoms with E-state index in [1.54, 1.807) is 6.07 Å². The van der Waals surface area contributed by atoms with E-state index in [4.69, 9.17) is 10.7 Å². The van der Waals surface area contributed by atoms with Crippen molar-refractivity contribution in [3.05, 3.63) is 90.0 Å². The normalized spacial score (nSPS) is 12.7. The van der Waals surface area contributed by atoms with Crippen LogP contribution in [0.3, 0.4) is 0 Å². The summed E-state index contributed by atoms with van der Waals surface area (Å²) < 4.78 is 14.8. The second-order valence-electron chi connectivity index (χ2n) is 11.1. The van der Waals surface area contributed by atoms with Gasteiger partial charge in [-0.15, -0.1) is 0 Å². The molecule has 0 aliphatic rings. The predicted octanol–water partition coefficient (Wildman–Crippen LogP) is 5.60. The molecule has 208 valence electrons. The van der Waals surface area contributed by atoms with Crippen LogP contribution in [0.2, 0.25) is 0 Å². The van der Waals surface area contributed by atoms with Crippen LogP contribution >= 0.6 is 0 Å². The fourth-order valence-electron chi connectivity index (χ4n) is 5.34. The van der Waals surface area contributed by atoms with Crippen molar-refractivity contribution >= 4 is 21.9 Å². The zero-order chi connectivity index (χ0) is 28.7. The number of likely N-dealkylation sites (N-methyl/N-ethyl adjacent to an activating group) is 1. The highest BCUT2D eigenvalue weighted by atomic mass is 19.1. The van der Waals surface area contributed by atoms with Crippen molar-refractivity contribution in [2.24, 2.45) is 5.73 Å². The predicted molar refractivity (Wildman–Crippen MR) is 163 cm³/mol. The summed E-state index contributed by atoms with van der Waals surface area (Å²) in [6.07, 6.45) is 3.71. The minimum Gasteiger partial charge on any atom is -0.353 e. The Balaban J connectivity index is 1.41. The number of pyridine rings is 2. The molecule has 4 aromatic heterocycles. The lowest BCUT2D eigenvalue weighted by atomic mass is 9.97. The molecule has 4 N–H and O–H groups in total. The van der Waals surface area contributed by atoms with Gasteiger partial charge in [0.1, 0.15) is 17.0 Å². The van der Waals surface area contributed by atoms with Crippen LogP contribution in [0.5, 0.6) is 0 Å². The van der Waals surface area contributed by atoms with Crippen molar-refractivity contribution < 1.29 is 4.39 Å². The van der Waals surface area contributed by atoms with E-state index in [1.165, 1.54) is 6.07 Å². The molecule has 0 aliphatic heterocycles. The molecule has 4 heterocycles. The maximum atomic E-state index is 14.8. The number of rotatable bonds is 8. The van der Waals surface area contributed by atoms with Gasteiger partial charge in [-0.1, -0.05) is 12.1 Å². The van der Waals surface area contributed by atoms with E-state index >= 15 is 0 Å². The summed E-state index contributed by atoms with van der Waals surface area (Å²) in [5, 5.41) is 8.69. The number of fused-ring (bicyclic) bond motifs is 2. The van der Waals surface area contributed by atoms with Gasteiger partial charge < -0.3 is 20.5 Å². The van der Waals surface area contributed by atoms with Crippen LogP contribution in [0, 0.1) is 5.82 Å². The van der Waals surface area contributed by atoms with Crippen LogP contribution in [0.1, 0.15) is 17.2 Å². The second-order valence-corrected chi connectivity index (χ2v) is 11.1. The molecule has 1 unspecified atom stereocenters. The van der Waals surface area contributed by atoms with E-state index in [0.29, 0.717) is 12.2 Å². The Morgan fingerprint density at radius 2 is 1.76 bits per heavy atom. The highest BCUT2D eigenvalue weighted by Crippen LogP contribution is 2.35. The summed E-state index contributed by atoms with van der Waals surface area (Å²) in [6.45, 7) is 1.42. The number of hydrogen-bond acceptors (Lipinski definition) is 6. The third-order valence-electron chi connectivity index (χ3n) is 7.14. The van der Waals surface area contributed by atoms with E-state index in [9.17, 15) is 4.39 Å². The first kappa shape index (κ1) is 26.8. The first-order valence-corrected chi connectivity index (χ1v) is 13.5. The number of hydrogen-bond donors (Lipinski definition) is 3. The maximum Gasteiger partial charge on any atom is 0.135 e. The summed E-state index contributed by atoms with van der Waals surface area (Å²) in [5.74, 6) is -0.307. The minimum atomic E-state index is -0.307. The van der Waals surface area contributed by atoms with E-state index in [1.807, 2.05) is 81.9 Å². The Labute approximate surface area is 238 Å². The van der Waals surface area contributed by atoms with Crippen molar-refractivity contribution in [2.75, 3.05) is 34.7 Å². The third-order valence-corrected chi connectivity index (χ3v) is 7.14. The molecule has 6 aromatic rings. The van der Waals surface area contributed by atoms with Crippen LogP contribution in [0.25, 0.3) is 55.7 Å². The molecule has 6 rings (SSSR count). The topological polar surface area (TPSA) is 103 Å². The molecule has 1 atom stereocenters. The fraction of sp³-hybridized carbons (Fsp3) is 0.219. The highest BCUT2D eigenvalue weighted by molar-refractivity contribution is 6.00. The molecule has 0 saturated carbocycles. The largest absolute Gasteiger partial charge is 0.353 e. The summed E-state index contributed by atoms with van der Waals surface area (Å²) in [7, 11) is 7.98. The van der Waals surface area contributed by atoms with Crippen molar-refractivity contribution in [3.8, 4) is 33.8 Å². The summed E-state index contributed by atoms with van der Waals surface area (Å²) in [5.41, 5.74) is 15.8. The van der Waals surface area contributed by atoms with Gasteiger partial charge in [0, 0.05) is 48.0 Å². The summed E-state index contributed by atoms with van der Waals surface area (Å²) in [6, 6.07) is 18.9. The number of aromatic amines is 2. The third kappa shape index (κ3) is 5.47. The lowest BCUT2D eigenvalue weighted by molar-refractivity contribution is 0.376. The first-order chi connectivity index (χ1) is 19.7. The number of nitrogens with one attached hydrogen (secondary N) is 2. The molecule has 2 aromatic carbocycles. The van der Waals surface area contributed by atoms with Crippen LogP contribution in [-0.2, 0) is 6.54 Å². The number of benzene rings is 2. The fourth-order valence-corrected chi connectivity index (χ4v) is 5.34. The highest BCUT2D eigenvalue weighted by Gasteiger charge is 2.17. The Morgan fingerprint density at radius 3 is 2.56 bits per heavy atom. The maximum absolute atomic E-state index is 14.8. The Morgan fingerprint density at radius 1 is 0.902 bits per heavy atom. The van der Waals surface area contributed by atoms with Crippen LogP contribution < -0.4 is 5.73 Å². The molecular formula is C32H33FN8. The van der Waals surface area contributed by atoms with Crippen molar-refractivity contribution in [1.82, 2.24) is 34.9 Å². The van der Waals surface area contributed by atoms with E-state index < -0.39 is 0 Å². The number of aromatic nitrogens is 5. The van der Waals surface area contributed by atoms with Gasteiger partial charge in [0.2, 0.25) is 0 Å². The Bertz CT molecular complexity index is 1850. The van der Waals surface area contributed by atoms with E-state index in [2.05, 4.69) is 37.2 Å². The van der Waals surface area contributed by atoms with Gasteiger partial charge in [0.25, 0.3) is 0 Å². The number of halogens is 1. The molecule has 0 aliphatic carbocycles. The van der Waals surface area contributed by atoms with Gasteiger partial charge in [-0.05, 0) is 99.0 Å². The van der Waals surface area contributed by atoms with Gasteiger partial charge in [-0.25, -0.2) is 9.37 Å². The number of H-pyrrole nitrogens is 2. The van der Waals surface area contributed by atoms with Crippen LogP contribution in [-0.4, -0.2) is 69.7 Å². The molecule has 41 heavy (non-hydrogen) atoms. The smallest absolute Gasteiger partial charge is 0.135 e. The molecule has 0 fully saturated rings. The number of nitrogens with two attached hydrogens (primary N) is 1. The monoisotopic (exact) mass is 548 g/mol. The van der Waals surface area contributed by atoms with Gasteiger partial charge in [-0.3, -0.25) is 10.1 Å². The first-order valence-electron chi connectivity index (χ1n) is 13.5. The van der Waals surface area contributed by atoms with Crippen molar-refractivity contribution in [1.29, 1.82) is 0 Å². The molecular weight excluding hydrogens is 515 g/mol.